The Labute approximate surface area is 179 Å². The molecule has 31 heavy (non-hydrogen) atoms. The van der Waals surface area contributed by atoms with E-state index in [1.807, 2.05) is 13.0 Å². The van der Waals surface area contributed by atoms with E-state index in [0.717, 1.165) is 11.3 Å². The molecule has 0 heterocycles. The Kier molecular flexibility index (Phi) is 6.73. The molecule has 3 aromatic rings. The summed E-state index contributed by atoms with van der Waals surface area (Å²) in [5.41, 5.74) is 2.79. The number of ether oxygens (including phenoxy) is 2. The minimum absolute atomic E-state index is 0.221. The predicted octanol–water partition coefficient (Wildman–Crippen LogP) is 6.09. The first-order valence-electron chi connectivity index (χ1n) is 9.04. The van der Waals surface area contributed by atoms with Gasteiger partial charge in [0, 0.05) is 0 Å². The maximum atomic E-state index is 11.1. The molecule has 0 aromatic heterocycles. The van der Waals surface area contributed by atoms with Crippen molar-refractivity contribution >= 4 is 32.9 Å². The molecule has 1 N–H and O–H groups in total. The highest BCUT2D eigenvalue weighted by Gasteiger charge is 2.13. The van der Waals surface area contributed by atoms with E-state index in [0.29, 0.717) is 28.5 Å². The molecular weight excluding hydrogens is 420 g/mol. The van der Waals surface area contributed by atoms with Gasteiger partial charge in [-0.25, -0.2) is 0 Å². The molecule has 9 nitrogen and oxygen atoms in total. The van der Waals surface area contributed by atoms with Gasteiger partial charge in [-0.3, -0.25) is 4.55 Å². The Morgan fingerprint density at radius 1 is 0.742 bits per heavy atom. The van der Waals surface area contributed by atoms with Gasteiger partial charge in [-0.1, -0.05) is 6.07 Å². The molecule has 0 radical (unpaired) electrons. The van der Waals surface area contributed by atoms with Crippen LogP contribution in [0, 0.1) is 6.92 Å². The second kappa shape index (κ2) is 9.45. The molecule has 0 aliphatic carbocycles. The Bertz CT molecular complexity index is 1220. The number of aryl methyl sites for hydroxylation is 1. The summed E-state index contributed by atoms with van der Waals surface area (Å²) in [4.78, 5) is -0.221. The molecule has 0 unspecified atom stereocenters. The molecule has 0 saturated heterocycles. The topological polar surface area (TPSA) is 122 Å². The number of rotatable bonds is 7. The Morgan fingerprint density at radius 3 is 1.87 bits per heavy atom. The van der Waals surface area contributed by atoms with Crippen LogP contribution < -0.4 is 9.47 Å². The number of hydrogen-bond donors (Lipinski definition) is 1. The van der Waals surface area contributed by atoms with Crippen LogP contribution in [-0.4, -0.2) is 27.2 Å². The largest absolute Gasteiger partial charge is 0.497 e. The van der Waals surface area contributed by atoms with Gasteiger partial charge in [-0.05, 0) is 67.1 Å². The quantitative estimate of drug-likeness (QED) is 0.352. The molecule has 0 fully saturated rings. The van der Waals surface area contributed by atoms with E-state index in [-0.39, 0.29) is 4.90 Å². The molecule has 160 valence electrons. The molecule has 0 spiro atoms. The first-order valence-corrected chi connectivity index (χ1v) is 10.5. The van der Waals surface area contributed by atoms with Crippen molar-refractivity contribution in [2.45, 2.75) is 11.8 Å². The van der Waals surface area contributed by atoms with Crippen LogP contribution in [0.15, 0.2) is 86.0 Å². The maximum Gasteiger partial charge on any atom is 0.294 e. The first-order chi connectivity index (χ1) is 14.8. The van der Waals surface area contributed by atoms with Crippen molar-refractivity contribution in [2.75, 3.05) is 14.2 Å². The number of hydrogen-bond acceptors (Lipinski definition) is 8. The van der Waals surface area contributed by atoms with E-state index < -0.39 is 10.1 Å². The summed E-state index contributed by atoms with van der Waals surface area (Å²) in [6.45, 7) is 1.85. The lowest BCUT2D eigenvalue weighted by Gasteiger charge is -2.09. The smallest absolute Gasteiger partial charge is 0.294 e. The number of azo groups is 2. The van der Waals surface area contributed by atoms with E-state index >= 15 is 0 Å². The lowest BCUT2D eigenvalue weighted by Crippen LogP contribution is -1.96. The first kappa shape index (κ1) is 22.1. The van der Waals surface area contributed by atoms with Gasteiger partial charge in [0.2, 0.25) is 0 Å². The summed E-state index contributed by atoms with van der Waals surface area (Å²) in [6.07, 6.45) is 0. The average Bonchev–Trinajstić information content (AvgIpc) is 2.77. The molecular formula is C21H20N4O5S. The summed E-state index contributed by atoms with van der Waals surface area (Å²) in [6, 6.07) is 16.1. The summed E-state index contributed by atoms with van der Waals surface area (Å²) in [5.74, 6) is 1.12. The summed E-state index contributed by atoms with van der Waals surface area (Å²) in [5, 5.41) is 16.9. The van der Waals surface area contributed by atoms with Crippen LogP contribution in [0.3, 0.4) is 0 Å². The van der Waals surface area contributed by atoms with E-state index in [1.165, 1.54) is 31.4 Å². The van der Waals surface area contributed by atoms with Gasteiger partial charge in [0.05, 0.1) is 30.5 Å². The molecule has 0 amide bonds. The highest BCUT2D eigenvalue weighted by atomic mass is 32.2. The van der Waals surface area contributed by atoms with Crippen LogP contribution in [0.4, 0.5) is 22.7 Å². The lowest BCUT2D eigenvalue weighted by molar-refractivity contribution is 0.415. The highest BCUT2D eigenvalue weighted by molar-refractivity contribution is 7.85. The summed E-state index contributed by atoms with van der Waals surface area (Å²) in [7, 11) is -1.17. The van der Waals surface area contributed by atoms with Crippen molar-refractivity contribution in [1.29, 1.82) is 0 Å². The zero-order valence-electron chi connectivity index (χ0n) is 17.1. The average molecular weight is 440 g/mol. The molecule has 0 aliphatic rings. The second-order valence-electron chi connectivity index (χ2n) is 6.35. The molecule has 0 bridgehead atoms. The third kappa shape index (κ3) is 5.50. The van der Waals surface area contributed by atoms with Gasteiger partial charge >= 0.3 is 0 Å². The fourth-order valence-electron chi connectivity index (χ4n) is 2.62. The minimum atomic E-state index is -4.27. The van der Waals surface area contributed by atoms with E-state index in [2.05, 4.69) is 20.5 Å². The monoisotopic (exact) mass is 440 g/mol. The van der Waals surface area contributed by atoms with Crippen LogP contribution in [0.2, 0.25) is 0 Å². The van der Waals surface area contributed by atoms with Crippen molar-refractivity contribution in [3.8, 4) is 11.5 Å². The van der Waals surface area contributed by atoms with E-state index in [1.54, 1.807) is 37.4 Å². The van der Waals surface area contributed by atoms with Gasteiger partial charge in [-0.15, -0.1) is 10.2 Å². The van der Waals surface area contributed by atoms with Gasteiger partial charge in [0.1, 0.15) is 17.1 Å². The molecule has 10 heteroatoms. The number of benzene rings is 3. The van der Waals surface area contributed by atoms with Crippen LogP contribution >= 0.6 is 0 Å². The van der Waals surface area contributed by atoms with Gasteiger partial charge in [0.15, 0.2) is 5.75 Å². The predicted molar refractivity (Wildman–Crippen MR) is 115 cm³/mol. The SMILES string of the molecule is COc1ccc(N=Nc2ccc(C)c(N=Nc3ccc(S(=O)(=O)O)cc3)c2OC)cc1. The Balaban J connectivity index is 1.90. The van der Waals surface area contributed by atoms with Crippen molar-refractivity contribution < 1.29 is 22.4 Å². The molecule has 0 aliphatic heterocycles. The van der Waals surface area contributed by atoms with Crippen molar-refractivity contribution in [1.82, 2.24) is 0 Å². The van der Waals surface area contributed by atoms with Crippen LogP contribution in [0.1, 0.15) is 5.56 Å². The molecule has 0 atom stereocenters. The summed E-state index contributed by atoms with van der Waals surface area (Å²) >= 11 is 0. The second-order valence-corrected chi connectivity index (χ2v) is 7.77. The zero-order valence-corrected chi connectivity index (χ0v) is 17.9. The van der Waals surface area contributed by atoms with Crippen molar-refractivity contribution in [2.24, 2.45) is 20.5 Å². The third-order valence-corrected chi connectivity index (χ3v) is 5.13. The number of methoxy groups -OCH3 is 2. The fourth-order valence-corrected chi connectivity index (χ4v) is 3.10. The van der Waals surface area contributed by atoms with Crippen LogP contribution in [-0.2, 0) is 10.1 Å². The van der Waals surface area contributed by atoms with Gasteiger partial charge in [-0.2, -0.15) is 18.6 Å². The maximum absolute atomic E-state index is 11.1. The van der Waals surface area contributed by atoms with E-state index in [9.17, 15) is 8.42 Å². The van der Waals surface area contributed by atoms with Crippen LogP contribution in [0.5, 0.6) is 11.5 Å². The molecule has 3 rings (SSSR count). The van der Waals surface area contributed by atoms with Crippen LogP contribution in [0.25, 0.3) is 0 Å². The zero-order chi connectivity index (χ0) is 22.4. The third-order valence-electron chi connectivity index (χ3n) is 4.26. The van der Waals surface area contributed by atoms with Crippen molar-refractivity contribution in [3.63, 3.8) is 0 Å². The van der Waals surface area contributed by atoms with Gasteiger partial charge < -0.3 is 9.47 Å². The Hall–Kier alpha value is -3.63. The summed E-state index contributed by atoms with van der Waals surface area (Å²) < 4.78 is 42.0. The van der Waals surface area contributed by atoms with Gasteiger partial charge in [0.25, 0.3) is 10.1 Å². The molecule has 3 aromatic carbocycles. The minimum Gasteiger partial charge on any atom is -0.497 e. The number of nitrogens with zero attached hydrogens (tertiary/aromatic N) is 4. The van der Waals surface area contributed by atoms with Crippen molar-refractivity contribution in [3.05, 3.63) is 66.2 Å². The highest BCUT2D eigenvalue weighted by Crippen LogP contribution is 2.41. The Morgan fingerprint density at radius 2 is 1.32 bits per heavy atom. The molecule has 0 saturated carbocycles. The standard InChI is InChI=1S/C21H20N4O5S/c1-14-4-13-19(24-22-15-5-9-17(29-2)10-6-15)21(30-3)20(14)25-23-16-7-11-18(12-8-16)31(26,27)28/h4-13H,1-3H3,(H,26,27,28). The lowest BCUT2D eigenvalue weighted by atomic mass is 10.1. The normalized spacial score (nSPS) is 11.9. The fraction of sp³-hybridized carbons (Fsp3) is 0.143. The van der Waals surface area contributed by atoms with E-state index in [4.69, 9.17) is 14.0 Å².